The zero-order chi connectivity index (χ0) is 16.0. The van der Waals surface area contributed by atoms with E-state index in [0.29, 0.717) is 0 Å². The molecule has 120 valence electrons. The second-order valence-electron chi connectivity index (χ2n) is 6.84. The fraction of sp³-hybridized carbons (Fsp3) is 0.857. The van der Waals surface area contributed by atoms with Gasteiger partial charge in [0.25, 0.3) is 0 Å². The number of aliphatic hydroxyl groups excluding tert-OH is 1. The van der Waals surface area contributed by atoms with Gasteiger partial charge < -0.3 is 24.1 Å². The molecule has 1 N–H and O–H groups in total. The van der Waals surface area contributed by atoms with Gasteiger partial charge in [-0.15, -0.1) is 0 Å². The molecule has 0 aromatic heterocycles. The molecule has 21 heavy (non-hydrogen) atoms. The molecule has 2 fully saturated rings. The lowest BCUT2D eigenvalue weighted by molar-refractivity contribution is -0.169. The summed E-state index contributed by atoms with van der Waals surface area (Å²) in [7, 11) is 0. The first kappa shape index (κ1) is 16.2. The van der Waals surface area contributed by atoms with Crippen molar-refractivity contribution >= 4 is 11.9 Å². The second kappa shape index (κ2) is 5.23. The van der Waals surface area contributed by atoms with Gasteiger partial charge in [-0.1, -0.05) is 0 Å². The molecule has 2 heterocycles. The maximum absolute atomic E-state index is 11.8. The molecule has 0 aromatic rings. The molecule has 7 heteroatoms. The van der Waals surface area contributed by atoms with Crippen LogP contribution in [0.5, 0.6) is 0 Å². The third-order valence-electron chi connectivity index (χ3n) is 3.37. The van der Waals surface area contributed by atoms with Crippen LogP contribution in [0.4, 0.5) is 0 Å². The topological polar surface area (TPSA) is 91.3 Å². The first-order valence-corrected chi connectivity index (χ1v) is 6.93. The number of aliphatic hydroxyl groups is 1. The van der Waals surface area contributed by atoms with Crippen LogP contribution in [0.1, 0.15) is 34.6 Å². The summed E-state index contributed by atoms with van der Waals surface area (Å²) in [4.78, 5) is 23.7. The van der Waals surface area contributed by atoms with Gasteiger partial charge in [-0.05, 0) is 34.6 Å². The predicted octanol–water partition coefficient (Wildman–Crippen LogP) is 0.382. The van der Waals surface area contributed by atoms with Crippen LogP contribution in [0.2, 0.25) is 0 Å². The lowest BCUT2D eigenvalue weighted by Crippen LogP contribution is -2.43. The average molecular weight is 302 g/mol. The van der Waals surface area contributed by atoms with Crippen LogP contribution >= 0.6 is 0 Å². The molecule has 0 saturated carbocycles. The van der Waals surface area contributed by atoms with E-state index in [9.17, 15) is 14.7 Å². The van der Waals surface area contributed by atoms with Crippen LogP contribution in [0.15, 0.2) is 0 Å². The smallest absolute Gasteiger partial charge is 0.350 e. The van der Waals surface area contributed by atoms with E-state index >= 15 is 0 Å². The van der Waals surface area contributed by atoms with Gasteiger partial charge in [-0.2, -0.15) is 0 Å². The lowest BCUT2D eigenvalue weighted by atomic mass is 9.97. The molecule has 2 rings (SSSR count). The lowest BCUT2D eigenvalue weighted by Gasteiger charge is -2.23. The monoisotopic (exact) mass is 302 g/mol. The standard InChI is InChI=1S/C14H22O7/c1-13(2,3)12(17)20-10-8(15)9(19-11(10)16)7-6-18-14(4,5)21-7/h7-10,15H,6H2,1-5H3/t7-,8+,9+,10-/m1/s1. The van der Waals surface area contributed by atoms with Gasteiger partial charge in [0.2, 0.25) is 6.10 Å². The highest BCUT2D eigenvalue weighted by Gasteiger charge is 2.53. The Labute approximate surface area is 123 Å². The number of rotatable bonds is 2. The van der Waals surface area contributed by atoms with Crippen LogP contribution in [0, 0.1) is 5.41 Å². The zero-order valence-corrected chi connectivity index (χ0v) is 12.9. The fourth-order valence-corrected chi connectivity index (χ4v) is 2.17. The quantitative estimate of drug-likeness (QED) is 0.737. The summed E-state index contributed by atoms with van der Waals surface area (Å²) in [6.45, 7) is 8.64. The molecular weight excluding hydrogens is 280 g/mol. The van der Waals surface area contributed by atoms with Crippen LogP contribution in [0.25, 0.3) is 0 Å². The van der Waals surface area contributed by atoms with E-state index in [1.54, 1.807) is 34.6 Å². The molecule has 7 nitrogen and oxygen atoms in total. The summed E-state index contributed by atoms with van der Waals surface area (Å²) in [5.41, 5.74) is -0.771. The maximum Gasteiger partial charge on any atom is 0.350 e. The largest absolute Gasteiger partial charge is 0.454 e. The Morgan fingerprint density at radius 3 is 2.48 bits per heavy atom. The second-order valence-corrected chi connectivity index (χ2v) is 6.84. The Balaban J connectivity index is 2.04. The zero-order valence-electron chi connectivity index (χ0n) is 12.9. The van der Waals surface area contributed by atoms with Crippen LogP contribution in [-0.4, -0.2) is 53.9 Å². The fourth-order valence-electron chi connectivity index (χ4n) is 2.17. The van der Waals surface area contributed by atoms with Crippen molar-refractivity contribution in [1.82, 2.24) is 0 Å². The van der Waals surface area contributed by atoms with Gasteiger partial charge in [0.05, 0.1) is 12.0 Å². The number of carbonyl (C=O) groups is 2. The number of cyclic esters (lactones) is 1. The molecule has 0 bridgehead atoms. The highest BCUT2D eigenvalue weighted by atomic mass is 16.8. The van der Waals surface area contributed by atoms with Crippen LogP contribution < -0.4 is 0 Å². The molecule has 2 aliphatic rings. The van der Waals surface area contributed by atoms with Gasteiger partial charge in [0.15, 0.2) is 11.9 Å². The molecule has 0 amide bonds. The molecule has 0 aromatic carbocycles. The number of esters is 2. The van der Waals surface area contributed by atoms with Crippen molar-refractivity contribution in [2.24, 2.45) is 5.41 Å². The minimum Gasteiger partial charge on any atom is -0.454 e. The van der Waals surface area contributed by atoms with Crippen molar-refractivity contribution in [3.63, 3.8) is 0 Å². The summed E-state index contributed by atoms with van der Waals surface area (Å²) in [6.07, 6.45) is -4.09. The average Bonchev–Trinajstić information content (AvgIpc) is 2.82. The SMILES string of the molecule is CC1(C)OC[C@H]([C@@H]2OC(=O)[C@H](OC(=O)C(C)(C)C)[C@H]2O)O1. The molecule has 4 atom stereocenters. The van der Waals surface area contributed by atoms with E-state index in [-0.39, 0.29) is 6.61 Å². The predicted molar refractivity (Wildman–Crippen MR) is 70.1 cm³/mol. The normalized spacial score (nSPS) is 35.6. The van der Waals surface area contributed by atoms with E-state index in [1.807, 2.05) is 0 Å². The third kappa shape index (κ3) is 3.36. The molecule has 2 saturated heterocycles. The van der Waals surface area contributed by atoms with Crippen molar-refractivity contribution in [1.29, 1.82) is 0 Å². The van der Waals surface area contributed by atoms with Crippen molar-refractivity contribution in [3.8, 4) is 0 Å². The van der Waals surface area contributed by atoms with E-state index in [0.717, 1.165) is 0 Å². The summed E-state index contributed by atoms with van der Waals surface area (Å²) in [5.74, 6) is -2.14. The molecule has 0 spiro atoms. The van der Waals surface area contributed by atoms with Crippen LogP contribution in [-0.2, 0) is 28.5 Å². The number of hydrogen-bond donors (Lipinski definition) is 1. The van der Waals surface area contributed by atoms with Gasteiger partial charge in [-0.3, -0.25) is 4.79 Å². The minimum atomic E-state index is -1.32. The molecule has 0 unspecified atom stereocenters. The number of carbonyl (C=O) groups excluding carboxylic acids is 2. The van der Waals surface area contributed by atoms with Crippen LogP contribution in [0.3, 0.4) is 0 Å². The van der Waals surface area contributed by atoms with Crippen molar-refractivity contribution in [2.45, 2.75) is 64.8 Å². The Hall–Kier alpha value is -1.18. The maximum atomic E-state index is 11.8. The van der Waals surface area contributed by atoms with E-state index in [2.05, 4.69) is 0 Å². The highest BCUT2D eigenvalue weighted by Crippen LogP contribution is 2.32. The summed E-state index contributed by atoms with van der Waals surface area (Å²) in [5, 5.41) is 10.2. The Kier molecular flexibility index (Phi) is 4.03. The van der Waals surface area contributed by atoms with Gasteiger partial charge in [-0.25, -0.2) is 4.79 Å². The van der Waals surface area contributed by atoms with E-state index in [4.69, 9.17) is 18.9 Å². The molecule has 2 aliphatic heterocycles. The summed E-state index contributed by atoms with van der Waals surface area (Å²) in [6, 6.07) is 0. The molecular formula is C14H22O7. The van der Waals surface area contributed by atoms with Crippen molar-refractivity contribution in [2.75, 3.05) is 6.61 Å². The Bertz CT molecular complexity index is 437. The van der Waals surface area contributed by atoms with Gasteiger partial charge in [0.1, 0.15) is 12.2 Å². The number of ether oxygens (including phenoxy) is 4. The third-order valence-corrected chi connectivity index (χ3v) is 3.37. The van der Waals surface area contributed by atoms with Crippen molar-refractivity contribution < 1.29 is 33.6 Å². The Morgan fingerprint density at radius 1 is 1.38 bits per heavy atom. The van der Waals surface area contributed by atoms with Gasteiger partial charge >= 0.3 is 11.9 Å². The molecule has 0 radical (unpaired) electrons. The Morgan fingerprint density at radius 2 is 2.00 bits per heavy atom. The summed E-state index contributed by atoms with van der Waals surface area (Å²) >= 11 is 0. The summed E-state index contributed by atoms with van der Waals surface area (Å²) < 4.78 is 21.1. The number of hydrogen-bond acceptors (Lipinski definition) is 7. The first-order chi connectivity index (χ1) is 9.51. The van der Waals surface area contributed by atoms with Gasteiger partial charge in [0, 0.05) is 0 Å². The van der Waals surface area contributed by atoms with Crippen molar-refractivity contribution in [3.05, 3.63) is 0 Å². The van der Waals surface area contributed by atoms with E-state index in [1.165, 1.54) is 0 Å². The first-order valence-electron chi connectivity index (χ1n) is 6.93. The van der Waals surface area contributed by atoms with E-state index < -0.39 is 47.6 Å². The minimum absolute atomic E-state index is 0.196. The molecule has 0 aliphatic carbocycles. The highest BCUT2D eigenvalue weighted by molar-refractivity contribution is 5.83.